The molecule has 0 spiro atoms. The quantitative estimate of drug-likeness (QED) is 0.0312. The average molecular weight is 1620 g/mol. The average Bonchev–Trinajstić information content (AvgIpc) is 1.19. The van der Waals surface area contributed by atoms with E-state index in [1.807, 2.05) is 146 Å². The van der Waals surface area contributed by atoms with Gasteiger partial charge in [0.15, 0.2) is 11.6 Å². The number of Topliss-reactive ketones (excluding diaryl/α,β-unsaturated/α-hetero) is 2. The van der Waals surface area contributed by atoms with Crippen LogP contribution in [0.2, 0.25) is 0 Å². The summed E-state index contributed by atoms with van der Waals surface area (Å²) in [4.78, 5) is 76.6. The number of aromatic nitrogens is 4. The lowest BCUT2D eigenvalue weighted by Gasteiger charge is -2.27. The molecule has 0 radical (unpaired) electrons. The summed E-state index contributed by atoms with van der Waals surface area (Å²) in [5, 5.41) is 18.9. The number of nitrogens with zero attached hydrogens (tertiary/aromatic N) is 10. The van der Waals surface area contributed by atoms with Gasteiger partial charge in [0.1, 0.15) is 28.9 Å². The van der Waals surface area contributed by atoms with Crippen LogP contribution < -0.4 is 46.4 Å². The number of likely N-dealkylation sites (N-methyl/N-ethyl adjacent to an activating group) is 2. The molecule has 608 valence electrons. The van der Waals surface area contributed by atoms with Gasteiger partial charge < -0.3 is 30.5 Å². The molecule has 6 heterocycles. The van der Waals surface area contributed by atoms with Crippen LogP contribution in [0.4, 0.5) is 34.1 Å². The molecule has 14 aromatic rings. The largest absolute Gasteiger partial charge is 0.495 e. The maximum Gasteiger partial charge on any atom is 0.251 e. The van der Waals surface area contributed by atoms with Crippen molar-refractivity contribution < 1.29 is 19.1 Å². The number of anilines is 4. The van der Waals surface area contributed by atoms with Gasteiger partial charge in [-0.3, -0.25) is 54.1 Å². The zero-order valence-corrected chi connectivity index (χ0v) is 70.2. The molecule has 18 heteroatoms. The minimum atomic E-state index is -2.08. The monoisotopic (exact) mass is 1620 g/mol. The van der Waals surface area contributed by atoms with E-state index < -0.39 is 7.26 Å². The second kappa shape index (κ2) is 40.5. The third kappa shape index (κ3) is 21.7. The van der Waals surface area contributed by atoms with Crippen LogP contribution in [0.3, 0.4) is 0 Å². The highest BCUT2D eigenvalue weighted by molar-refractivity contribution is 7.95. The van der Waals surface area contributed by atoms with E-state index in [0.29, 0.717) is 62.7 Å². The molecule has 4 aromatic heterocycles. The number of aliphatic imine (C=N–C) groups is 2. The van der Waals surface area contributed by atoms with Crippen molar-refractivity contribution in [3.63, 3.8) is 0 Å². The molecule has 1 amide bonds. The Kier molecular flexibility index (Phi) is 27.8. The number of ketones is 2. The Morgan fingerprint density at radius 3 is 1.37 bits per heavy atom. The van der Waals surface area contributed by atoms with E-state index in [0.717, 1.165) is 165 Å². The topological polar surface area (TPSA) is 186 Å². The molecule has 16 rings (SSSR count). The Hall–Kier alpha value is -13.2. The van der Waals surface area contributed by atoms with Crippen LogP contribution in [0.1, 0.15) is 87.1 Å². The number of fused-ring (bicyclic) bond motifs is 4. The van der Waals surface area contributed by atoms with Gasteiger partial charge >= 0.3 is 0 Å². The molecule has 0 bridgehead atoms. The first-order valence-electron chi connectivity index (χ1n) is 41.8. The van der Waals surface area contributed by atoms with Gasteiger partial charge in [0.05, 0.1) is 84.2 Å². The summed E-state index contributed by atoms with van der Waals surface area (Å²) in [6.07, 6.45) is 12.5. The Morgan fingerprint density at radius 1 is 0.438 bits per heavy atom. The summed E-state index contributed by atoms with van der Waals surface area (Å²) < 4.78 is 5.79. The highest BCUT2D eigenvalue weighted by Gasteiger charge is 2.45. The van der Waals surface area contributed by atoms with Crippen LogP contribution in [0.25, 0.3) is 21.5 Å². The molecule has 121 heavy (non-hydrogen) atoms. The number of ether oxygens (including phenoxy) is 1. The highest BCUT2D eigenvalue weighted by Crippen LogP contribution is 2.55. The molecule has 0 saturated heterocycles. The van der Waals surface area contributed by atoms with E-state index in [9.17, 15) is 14.4 Å². The number of carbonyl (C=O) groups excluding carboxylic acids is 3. The van der Waals surface area contributed by atoms with Crippen molar-refractivity contribution in [3.8, 4) is 5.75 Å². The Balaban J connectivity index is 0.000000211. The first kappa shape index (κ1) is 82.9. The van der Waals surface area contributed by atoms with Crippen molar-refractivity contribution in [1.82, 2.24) is 35.1 Å². The van der Waals surface area contributed by atoms with Crippen molar-refractivity contribution in [2.45, 2.75) is 71.6 Å². The zero-order valence-electron chi connectivity index (χ0n) is 69.3. The van der Waals surface area contributed by atoms with Gasteiger partial charge in [0.2, 0.25) is 0 Å². The van der Waals surface area contributed by atoms with Gasteiger partial charge in [-0.15, -0.1) is 0 Å². The molecule has 3 N–H and O–H groups in total. The number of hydrogen-bond acceptors (Lipinski definition) is 16. The lowest BCUT2D eigenvalue weighted by molar-refractivity contribution is -0.118. The summed E-state index contributed by atoms with van der Waals surface area (Å²) in [5.74, 6) is 1.01. The molecule has 17 nitrogen and oxygen atoms in total. The Bertz CT molecular complexity index is 5730. The smallest absolute Gasteiger partial charge is 0.251 e. The fourth-order valence-corrected chi connectivity index (χ4v) is 20.2. The Labute approximate surface area is 710 Å². The summed E-state index contributed by atoms with van der Waals surface area (Å²) >= 11 is 0. The summed E-state index contributed by atoms with van der Waals surface area (Å²) in [6, 6.07) is 100. The second-order valence-corrected chi connectivity index (χ2v) is 34.7. The van der Waals surface area contributed by atoms with Crippen molar-refractivity contribution in [3.05, 3.63) is 372 Å². The van der Waals surface area contributed by atoms with Gasteiger partial charge in [-0.05, 0) is 226 Å². The third-order valence-electron chi connectivity index (χ3n) is 22.4. The lowest BCUT2D eigenvalue weighted by atomic mass is 9.99. The number of methoxy groups -OCH3 is 1. The molecule has 0 unspecified atom stereocenters. The SMILES string of the molecule is CCCCC(=O)CN(C)c1ccc2cc(C3=Nc4ccc(NCCN(Cc5ccccn5)Cc5ccccn5)cc4C3)ccc2c1.COc1cc(CC(=O)CN(C)c2ccc3cc(C4=Nc5ccc(C(=O)NCC[P+](c6ccccc6)(c6ccccc6)c6ccccc6)cc5C4)ccc3c2)ccc1NCCN(Cc1ccccn1)Cc1ccccn1. The second-order valence-electron chi connectivity index (χ2n) is 31.1. The van der Waals surface area contributed by atoms with E-state index in [2.05, 4.69) is 247 Å². The molecular weight excluding hydrogens is 1510 g/mol. The molecule has 10 aromatic carbocycles. The zero-order chi connectivity index (χ0) is 83.1. The van der Waals surface area contributed by atoms with Crippen molar-refractivity contribution in [2.75, 3.05) is 93.6 Å². The molecule has 0 fully saturated rings. The van der Waals surface area contributed by atoms with Gasteiger partial charge in [-0.2, -0.15) is 0 Å². The van der Waals surface area contributed by atoms with Crippen LogP contribution in [0, 0.1) is 0 Å². The number of unbranched alkanes of at least 4 members (excludes halogenated alkanes) is 1. The van der Waals surface area contributed by atoms with Crippen molar-refractivity contribution in [2.24, 2.45) is 9.98 Å². The van der Waals surface area contributed by atoms with E-state index in [-0.39, 0.29) is 24.7 Å². The third-order valence-corrected chi connectivity index (χ3v) is 26.9. The van der Waals surface area contributed by atoms with Crippen LogP contribution in [-0.2, 0) is 55.0 Å². The van der Waals surface area contributed by atoms with Crippen LogP contribution >= 0.6 is 7.26 Å². The van der Waals surface area contributed by atoms with E-state index >= 15 is 0 Å². The molecule has 2 aliphatic heterocycles. The lowest BCUT2D eigenvalue weighted by Crippen LogP contribution is -2.37. The van der Waals surface area contributed by atoms with Gasteiger partial charge in [-0.1, -0.05) is 135 Å². The summed E-state index contributed by atoms with van der Waals surface area (Å²) in [6.45, 7) is 9.41. The van der Waals surface area contributed by atoms with Crippen molar-refractivity contribution in [1.29, 1.82) is 0 Å². The van der Waals surface area contributed by atoms with Crippen LogP contribution in [0.15, 0.2) is 326 Å². The summed E-state index contributed by atoms with van der Waals surface area (Å²) in [5.41, 5.74) is 18.1. The van der Waals surface area contributed by atoms with Gasteiger partial charge in [0.25, 0.3) is 5.91 Å². The predicted molar refractivity (Wildman–Crippen MR) is 498 cm³/mol. The van der Waals surface area contributed by atoms with Crippen LogP contribution in [-0.4, -0.2) is 132 Å². The van der Waals surface area contributed by atoms with Gasteiger partial charge in [-0.25, -0.2) is 0 Å². The fourth-order valence-electron chi connectivity index (χ4n) is 16.1. The molecule has 2 aliphatic rings. The van der Waals surface area contributed by atoms with E-state index in [1.165, 1.54) is 26.9 Å². The number of amides is 1. The Morgan fingerprint density at radius 2 is 0.893 bits per heavy atom. The fraction of sp³-hybridized carbons (Fsp3) is 0.214. The van der Waals surface area contributed by atoms with Gasteiger partial charge in [0, 0.05) is 140 Å². The van der Waals surface area contributed by atoms with Crippen molar-refractivity contribution >= 4 is 108 Å². The number of nitrogens with one attached hydrogen (secondary N) is 3. The number of pyridine rings is 4. The highest BCUT2D eigenvalue weighted by atomic mass is 31.2. The number of hydrogen-bond donors (Lipinski definition) is 3. The minimum absolute atomic E-state index is 0.0844. The van der Waals surface area contributed by atoms with Crippen LogP contribution in [0.5, 0.6) is 5.75 Å². The minimum Gasteiger partial charge on any atom is -0.495 e. The first-order chi connectivity index (χ1) is 59.3. The number of rotatable bonds is 37. The number of benzene rings is 10. The molecule has 0 atom stereocenters. The normalized spacial score (nSPS) is 12.1. The molecule has 0 aliphatic carbocycles. The molecule has 0 saturated carbocycles. The number of carbonyl (C=O) groups is 3. The van der Waals surface area contributed by atoms with E-state index in [1.54, 1.807) is 7.11 Å². The standard InChI is InChI=1S/C64H60N7O3P.C39H42N6O/c1-70(46-56(72)38-47-24-30-61(63(39-47)74-2)67-34-36-71(44-53-16-12-14-32-65-53)45-54-17-13-15-33-66-54)55-29-27-48-40-50(26-25-49(48)42-55)62-43-52-41-51(28-31-60(52)69-62)64(73)68-35-37-75(57-18-6-3-7-19-57,58-20-8-4-9-21-58)59-22-10-5-11-23-59;1-3-4-11-37(46)28-44(2)36-16-14-29-22-31(13-12-30(29)24-36)39-25-32-23-33(15-17-38(32)43-39)42-20-21-45(26-34-9-5-7-18-40-34)27-35-10-6-8-19-41-35/h3-33,39-42,67H,34-38,43-46H2,1-2H3;5-10,12-19,22-24,42H,3-4,11,20-21,25-28H2,1-2H3/p+1. The maximum atomic E-state index is 13.8. The predicted octanol–water partition coefficient (Wildman–Crippen LogP) is 18.0. The summed E-state index contributed by atoms with van der Waals surface area (Å²) in [7, 11) is 3.53. The first-order valence-corrected chi connectivity index (χ1v) is 43.8. The van der Waals surface area contributed by atoms with E-state index in [4.69, 9.17) is 14.7 Å². The maximum absolute atomic E-state index is 13.8. The molecular formula is C103H103N13O4P+.